The number of hydrogen-bond donors (Lipinski definition) is 1. The molecule has 2 saturated heterocycles. The molecular formula is C15H24N4O. The van der Waals surface area contributed by atoms with Crippen LogP contribution in [-0.2, 0) is 6.54 Å². The van der Waals surface area contributed by atoms with Gasteiger partial charge in [0.15, 0.2) is 0 Å². The average Bonchev–Trinajstić information content (AvgIpc) is 2.95. The highest BCUT2D eigenvalue weighted by atomic mass is 16.1. The predicted molar refractivity (Wildman–Crippen MR) is 80.1 cm³/mol. The average molecular weight is 276 g/mol. The van der Waals surface area contributed by atoms with Gasteiger partial charge in [0.2, 0.25) is 0 Å². The van der Waals surface area contributed by atoms with Gasteiger partial charge < -0.3 is 10.2 Å². The van der Waals surface area contributed by atoms with Crippen LogP contribution in [-0.4, -0.2) is 35.5 Å². The number of anilines is 1. The second kappa shape index (κ2) is 5.95. The van der Waals surface area contributed by atoms with Crippen molar-refractivity contribution in [2.45, 2.75) is 45.2 Å². The Bertz CT molecular complexity index is 499. The van der Waals surface area contributed by atoms with Gasteiger partial charge in [0, 0.05) is 25.2 Å². The van der Waals surface area contributed by atoms with Gasteiger partial charge in [0.25, 0.3) is 5.56 Å². The van der Waals surface area contributed by atoms with Crippen LogP contribution in [0.4, 0.5) is 5.69 Å². The molecule has 0 spiro atoms. The Morgan fingerprint density at radius 3 is 2.80 bits per heavy atom. The molecule has 2 fully saturated rings. The third-order valence-corrected chi connectivity index (χ3v) is 4.56. The lowest BCUT2D eigenvalue weighted by atomic mass is 9.99. The van der Waals surface area contributed by atoms with Crippen molar-refractivity contribution in [3.63, 3.8) is 0 Å². The van der Waals surface area contributed by atoms with E-state index in [-0.39, 0.29) is 5.56 Å². The Kier molecular flexibility index (Phi) is 4.05. The zero-order valence-electron chi connectivity index (χ0n) is 12.2. The van der Waals surface area contributed by atoms with Gasteiger partial charge in [-0.1, -0.05) is 6.92 Å². The molecule has 1 atom stereocenters. The van der Waals surface area contributed by atoms with E-state index in [1.807, 2.05) is 6.20 Å². The molecule has 0 saturated carbocycles. The Hall–Kier alpha value is -1.36. The number of hydrogen-bond acceptors (Lipinski definition) is 4. The van der Waals surface area contributed by atoms with Gasteiger partial charge in [-0.05, 0) is 38.1 Å². The minimum atomic E-state index is 0.0230. The lowest BCUT2D eigenvalue weighted by molar-refractivity contribution is 0.435. The quantitative estimate of drug-likeness (QED) is 0.902. The summed E-state index contributed by atoms with van der Waals surface area (Å²) < 4.78 is 1.60. The highest BCUT2D eigenvalue weighted by Crippen LogP contribution is 2.21. The fourth-order valence-corrected chi connectivity index (χ4v) is 3.12. The fraction of sp³-hybridized carbons (Fsp3) is 0.733. The predicted octanol–water partition coefficient (Wildman–Crippen LogP) is 1.23. The van der Waals surface area contributed by atoms with Crippen molar-refractivity contribution in [2.24, 2.45) is 5.92 Å². The molecule has 1 N–H and O–H groups in total. The Morgan fingerprint density at radius 1 is 1.35 bits per heavy atom. The van der Waals surface area contributed by atoms with Gasteiger partial charge in [-0.15, -0.1) is 0 Å². The summed E-state index contributed by atoms with van der Waals surface area (Å²) in [5.74, 6) is 0.799. The van der Waals surface area contributed by atoms with E-state index in [1.165, 1.54) is 19.3 Å². The second-order valence-electron chi connectivity index (χ2n) is 6.20. The summed E-state index contributed by atoms with van der Waals surface area (Å²) in [5.41, 5.74) is 1.01. The molecule has 3 heterocycles. The van der Waals surface area contributed by atoms with E-state index in [0.29, 0.717) is 12.6 Å². The van der Waals surface area contributed by atoms with Crippen molar-refractivity contribution < 1.29 is 0 Å². The van der Waals surface area contributed by atoms with Crippen LogP contribution in [0.2, 0.25) is 0 Å². The topological polar surface area (TPSA) is 50.2 Å². The molecule has 0 radical (unpaired) electrons. The first-order chi connectivity index (χ1) is 9.72. The van der Waals surface area contributed by atoms with Gasteiger partial charge in [0.1, 0.15) is 0 Å². The zero-order valence-corrected chi connectivity index (χ0v) is 12.2. The molecule has 1 aromatic heterocycles. The molecule has 0 unspecified atom stereocenters. The molecule has 20 heavy (non-hydrogen) atoms. The van der Waals surface area contributed by atoms with Gasteiger partial charge in [-0.2, -0.15) is 5.10 Å². The molecule has 0 amide bonds. The van der Waals surface area contributed by atoms with Crippen LogP contribution >= 0.6 is 0 Å². The van der Waals surface area contributed by atoms with E-state index in [0.717, 1.165) is 37.7 Å². The van der Waals surface area contributed by atoms with Crippen molar-refractivity contribution >= 4 is 5.69 Å². The fourth-order valence-electron chi connectivity index (χ4n) is 3.12. The molecule has 2 aliphatic rings. The number of aromatic nitrogens is 2. The van der Waals surface area contributed by atoms with Crippen LogP contribution in [0, 0.1) is 5.92 Å². The van der Waals surface area contributed by atoms with Crippen LogP contribution in [0.5, 0.6) is 0 Å². The third kappa shape index (κ3) is 3.03. The molecule has 3 rings (SSSR count). The van der Waals surface area contributed by atoms with Crippen LogP contribution in [0.3, 0.4) is 0 Å². The summed E-state index contributed by atoms with van der Waals surface area (Å²) in [6.07, 6.45) is 6.60. The lowest BCUT2D eigenvalue weighted by Crippen LogP contribution is -2.36. The SMILES string of the molecule is CC1CCN(c2cnn(C[C@H]3CCCN3)c(=O)c2)CC1. The molecule has 110 valence electrons. The molecular weight excluding hydrogens is 252 g/mol. The van der Waals surface area contributed by atoms with E-state index in [2.05, 4.69) is 22.2 Å². The summed E-state index contributed by atoms with van der Waals surface area (Å²) in [5, 5.41) is 7.76. The molecule has 5 nitrogen and oxygen atoms in total. The Morgan fingerprint density at radius 2 is 2.15 bits per heavy atom. The number of nitrogens with one attached hydrogen (secondary N) is 1. The van der Waals surface area contributed by atoms with Gasteiger partial charge in [-0.3, -0.25) is 4.79 Å². The summed E-state index contributed by atoms with van der Waals surface area (Å²) in [7, 11) is 0. The molecule has 2 aliphatic heterocycles. The summed E-state index contributed by atoms with van der Waals surface area (Å²) >= 11 is 0. The maximum absolute atomic E-state index is 12.2. The molecule has 1 aromatic rings. The third-order valence-electron chi connectivity index (χ3n) is 4.56. The van der Waals surface area contributed by atoms with E-state index in [4.69, 9.17) is 0 Å². The van der Waals surface area contributed by atoms with E-state index >= 15 is 0 Å². The molecule has 0 bridgehead atoms. The largest absolute Gasteiger partial charge is 0.370 e. The monoisotopic (exact) mass is 276 g/mol. The first-order valence-corrected chi connectivity index (χ1v) is 7.78. The van der Waals surface area contributed by atoms with Gasteiger partial charge in [-0.25, -0.2) is 4.68 Å². The Balaban J connectivity index is 1.68. The van der Waals surface area contributed by atoms with Gasteiger partial charge in [0.05, 0.1) is 18.4 Å². The van der Waals surface area contributed by atoms with Crippen LogP contribution in [0.25, 0.3) is 0 Å². The molecule has 0 aromatic carbocycles. The first-order valence-electron chi connectivity index (χ1n) is 7.78. The summed E-state index contributed by atoms with van der Waals surface area (Å²) in [6.45, 7) is 6.12. The van der Waals surface area contributed by atoms with Crippen LogP contribution in [0.15, 0.2) is 17.1 Å². The van der Waals surface area contributed by atoms with E-state index < -0.39 is 0 Å². The standard InChI is InChI=1S/C15H24N4O/c1-12-4-7-18(8-5-12)14-9-15(20)19(17-10-14)11-13-3-2-6-16-13/h9-10,12-13,16H,2-8,11H2,1H3/t13-/m1/s1. The van der Waals surface area contributed by atoms with Gasteiger partial charge >= 0.3 is 0 Å². The molecule has 5 heteroatoms. The van der Waals surface area contributed by atoms with Crippen molar-refractivity contribution in [1.29, 1.82) is 0 Å². The Labute approximate surface area is 120 Å². The van der Waals surface area contributed by atoms with Crippen molar-refractivity contribution in [3.05, 3.63) is 22.6 Å². The van der Waals surface area contributed by atoms with E-state index in [9.17, 15) is 4.79 Å². The highest BCUT2D eigenvalue weighted by molar-refractivity contribution is 5.43. The summed E-state index contributed by atoms with van der Waals surface area (Å²) in [4.78, 5) is 14.5. The zero-order chi connectivity index (χ0) is 13.9. The first kappa shape index (κ1) is 13.6. The lowest BCUT2D eigenvalue weighted by Gasteiger charge is -2.31. The van der Waals surface area contributed by atoms with E-state index in [1.54, 1.807) is 10.7 Å². The normalized spacial score (nSPS) is 24.2. The van der Waals surface area contributed by atoms with Crippen LogP contribution < -0.4 is 15.8 Å². The van der Waals surface area contributed by atoms with Crippen molar-refractivity contribution in [3.8, 4) is 0 Å². The number of nitrogens with zero attached hydrogens (tertiary/aromatic N) is 3. The summed E-state index contributed by atoms with van der Waals surface area (Å²) in [6, 6.07) is 2.15. The van der Waals surface area contributed by atoms with Crippen LogP contribution in [0.1, 0.15) is 32.6 Å². The maximum Gasteiger partial charge on any atom is 0.268 e. The highest BCUT2D eigenvalue weighted by Gasteiger charge is 2.18. The minimum Gasteiger partial charge on any atom is -0.370 e. The second-order valence-corrected chi connectivity index (χ2v) is 6.20. The smallest absolute Gasteiger partial charge is 0.268 e. The number of rotatable bonds is 3. The maximum atomic E-state index is 12.2. The van der Waals surface area contributed by atoms with Crippen molar-refractivity contribution in [2.75, 3.05) is 24.5 Å². The number of piperidine rings is 1. The minimum absolute atomic E-state index is 0.0230. The molecule has 0 aliphatic carbocycles. The van der Waals surface area contributed by atoms with Crippen molar-refractivity contribution in [1.82, 2.24) is 15.1 Å².